The first-order valence-electron chi connectivity index (χ1n) is 3.70. The number of hydrogen-bond donors (Lipinski definition) is 0. The third-order valence-corrected chi connectivity index (χ3v) is 1.94. The highest BCUT2D eigenvalue weighted by Gasteiger charge is 1.99. The van der Waals surface area contributed by atoms with Gasteiger partial charge in [-0.25, -0.2) is 9.50 Å². The van der Waals surface area contributed by atoms with Gasteiger partial charge in [-0.2, -0.15) is 5.10 Å². The van der Waals surface area contributed by atoms with E-state index < -0.39 is 0 Å². The van der Waals surface area contributed by atoms with Crippen LogP contribution in [0.15, 0.2) is 37.1 Å². The first kappa shape index (κ1) is 5.77. The van der Waals surface area contributed by atoms with Crippen molar-refractivity contribution in [1.82, 2.24) is 19.0 Å². The van der Waals surface area contributed by atoms with E-state index in [1.165, 1.54) is 0 Å². The first-order chi connectivity index (χ1) is 5.95. The van der Waals surface area contributed by atoms with E-state index in [9.17, 15) is 0 Å². The third-order valence-electron chi connectivity index (χ3n) is 1.94. The van der Waals surface area contributed by atoms with Crippen LogP contribution in [-0.2, 0) is 0 Å². The van der Waals surface area contributed by atoms with Gasteiger partial charge in [0, 0.05) is 24.8 Å². The molecule has 0 aliphatic heterocycles. The van der Waals surface area contributed by atoms with Crippen LogP contribution in [-0.4, -0.2) is 19.0 Å². The molecular formula is C8H6N4. The van der Waals surface area contributed by atoms with Gasteiger partial charge in [-0.1, -0.05) is 0 Å². The molecule has 4 nitrogen and oxygen atoms in total. The molecule has 12 heavy (non-hydrogen) atoms. The molecule has 3 rings (SSSR count). The van der Waals surface area contributed by atoms with Crippen molar-refractivity contribution in [3.8, 4) is 0 Å². The van der Waals surface area contributed by atoms with Crippen LogP contribution < -0.4 is 0 Å². The van der Waals surface area contributed by atoms with Crippen LogP contribution in [0.25, 0.3) is 11.2 Å². The smallest absolute Gasteiger partial charge is 0.162 e. The van der Waals surface area contributed by atoms with Crippen molar-refractivity contribution in [3.05, 3.63) is 37.1 Å². The Bertz CT molecular complexity index is 484. The highest BCUT2D eigenvalue weighted by atomic mass is 15.2. The molecular weight excluding hydrogens is 152 g/mol. The first-order valence-corrected chi connectivity index (χ1v) is 3.70. The molecule has 0 aliphatic carbocycles. The second kappa shape index (κ2) is 1.85. The molecule has 0 N–H and O–H groups in total. The Kier molecular flexibility index (Phi) is 0.889. The molecule has 3 aromatic heterocycles. The molecule has 0 amide bonds. The summed E-state index contributed by atoms with van der Waals surface area (Å²) < 4.78 is 3.78. The molecule has 58 valence electrons. The average Bonchev–Trinajstić information content (AvgIpc) is 2.71. The fourth-order valence-electron chi connectivity index (χ4n) is 1.38. The lowest BCUT2D eigenvalue weighted by Crippen LogP contribution is -1.90. The molecule has 0 radical (unpaired) electrons. The quantitative estimate of drug-likeness (QED) is 0.488. The molecule has 0 unspecified atom stereocenters. The molecule has 0 atom stereocenters. The van der Waals surface area contributed by atoms with Gasteiger partial charge in [0.25, 0.3) is 0 Å². The summed E-state index contributed by atoms with van der Waals surface area (Å²) in [6.45, 7) is 0. The van der Waals surface area contributed by atoms with Gasteiger partial charge in [0.05, 0.1) is 6.20 Å². The maximum atomic E-state index is 4.22. The molecule has 4 heteroatoms. The third kappa shape index (κ3) is 0.567. The normalized spacial score (nSPS) is 11.3. The zero-order valence-electron chi connectivity index (χ0n) is 6.25. The van der Waals surface area contributed by atoms with Crippen molar-refractivity contribution in [2.45, 2.75) is 0 Å². The monoisotopic (exact) mass is 158 g/mol. The number of aromatic nitrogens is 4. The lowest BCUT2D eigenvalue weighted by Gasteiger charge is -1.94. The Morgan fingerprint density at radius 1 is 1.08 bits per heavy atom. The Balaban J connectivity index is 2.71. The van der Waals surface area contributed by atoms with Gasteiger partial charge in [0.2, 0.25) is 0 Å². The number of nitrogens with zero attached hydrogens (tertiary/aromatic N) is 4. The summed E-state index contributed by atoms with van der Waals surface area (Å²) in [7, 11) is 0. The van der Waals surface area contributed by atoms with E-state index in [1.54, 1.807) is 12.4 Å². The summed E-state index contributed by atoms with van der Waals surface area (Å²) in [5.74, 6) is 0. The Labute approximate surface area is 68.1 Å². The van der Waals surface area contributed by atoms with Gasteiger partial charge >= 0.3 is 0 Å². The summed E-state index contributed by atoms with van der Waals surface area (Å²) in [6, 6.07) is 1.95. The minimum atomic E-state index is 0.940. The molecule has 0 saturated carbocycles. The van der Waals surface area contributed by atoms with E-state index in [-0.39, 0.29) is 0 Å². The van der Waals surface area contributed by atoms with E-state index >= 15 is 0 Å². The van der Waals surface area contributed by atoms with Crippen LogP contribution in [0.3, 0.4) is 0 Å². The van der Waals surface area contributed by atoms with Gasteiger partial charge in [-0.05, 0) is 6.07 Å². The molecule has 0 fully saturated rings. The van der Waals surface area contributed by atoms with Crippen LogP contribution in [0.4, 0.5) is 0 Å². The standard InChI is InChI=1S/C8H6N4/c1-2-10-12-6-5-11-4-3-9-8(11)7(1)12/h1-6H. The molecule has 0 aliphatic rings. The topological polar surface area (TPSA) is 34.6 Å². The number of rotatable bonds is 0. The van der Waals surface area contributed by atoms with Gasteiger partial charge < -0.3 is 4.40 Å². The number of hydrogen-bond acceptors (Lipinski definition) is 2. The number of imidazole rings is 1. The van der Waals surface area contributed by atoms with Crippen LogP contribution >= 0.6 is 0 Å². The van der Waals surface area contributed by atoms with E-state index in [2.05, 4.69) is 10.1 Å². The predicted molar refractivity (Wildman–Crippen MR) is 43.9 cm³/mol. The summed E-state index contributed by atoms with van der Waals surface area (Å²) >= 11 is 0. The van der Waals surface area contributed by atoms with E-state index in [4.69, 9.17) is 0 Å². The van der Waals surface area contributed by atoms with Gasteiger partial charge in [0.1, 0.15) is 5.52 Å². The van der Waals surface area contributed by atoms with Crippen molar-refractivity contribution < 1.29 is 0 Å². The van der Waals surface area contributed by atoms with Gasteiger partial charge in [-0.15, -0.1) is 0 Å². The van der Waals surface area contributed by atoms with Gasteiger partial charge in [-0.3, -0.25) is 0 Å². The average molecular weight is 158 g/mol. The van der Waals surface area contributed by atoms with E-state index in [0.29, 0.717) is 0 Å². The summed E-state index contributed by atoms with van der Waals surface area (Å²) in [5.41, 5.74) is 1.97. The highest BCUT2D eigenvalue weighted by molar-refractivity contribution is 5.69. The predicted octanol–water partition coefficient (Wildman–Crippen LogP) is 0.982. The fourth-order valence-corrected chi connectivity index (χ4v) is 1.38. The molecule has 0 saturated heterocycles. The zero-order chi connectivity index (χ0) is 7.97. The van der Waals surface area contributed by atoms with Crippen molar-refractivity contribution in [1.29, 1.82) is 0 Å². The van der Waals surface area contributed by atoms with E-state index in [0.717, 1.165) is 11.2 Å². The Morgan fingerprint density at radius 3 is 3.08 bits per heavy atom. The van der Waals surface area contributed by atoms with Crippen molar-refractivity contribution >= 4 is 11.2 Å². The van der Waals surface area contributed by atoms with Crippen LogP contribution in [0, 0.1) is 0 Å². The molecule has 0 bridgehead atoms. The fraction of sp³-hybridized carbons (Fsp3) is 0. The summed E-state index contributed by atoms with van der Waals surface area (Å²) in [4.78, 5) is 4.22. The van der Waals surface area contributed by atoms with Crippen molar-refractivity contribution in [2.24, 2.45) is 0 Å². The van der Waals surface area contributed by atoms with E-state index in [1.807, 2.05) is 33.6 Å². The van der Waals surface area contributed by atoms with Crippen LogP contribution in [0.5, 0.6) is 0 Å². The second-order valence-electron chi connectivity index (χ2n) is 2.62. The molecule has 3 aromatic rings. The minimum Gasteiger partial charge on any atom is -0.304 e. The zero-order valence-corrected chi connectivity index (χ0v) is 6.25. The minimum absolute atomic E-state index is 0.940. The largest absolute Gasteiger partial charge is 0.304 e. The number of fused-ring (bicyclic) bond motifs is 3. The maximum Gasteiger partial charge on any atom is 0.162 e. The maximum absolute atomic E-state index is 4.22. The molecule has 3 heterocycles. The van der Waals surface area contributed by atoms with Gasteiger partial charge in [0.15, 0.2) is 5.65 Å². The Hall–Kier alpha value is -1.84. The van der Waals surface area contributed by atoms with Crippen molar-refractivity contribution in [2.75, 3.05) is 0 Å². The second-order valence-corrected chi connectivity index (χ2v) is 2.62. The summed E-state index contributed by atoms with van der Waals surface area (Å²) in [5, 5.41) is 4.11. The summed E-state index contributed by atoms with van der Waals surface area (Å²) in [6.07, 6.45) is 9.31. The lowest BCUT2D eigenvalue weighted by molar-refractivity contribution is 0.940. The van der Waals surface area contributed by atoms with Crippen molar-refractivity contribution in [3.63, 3.8) is 0 Å². The SMILES string of the molecule is c1cn2ccn3nccc3c2n1. The Morgan fingerprint density at radius 2 is 2.08 bits per heavy atom. The molecule has 0 aromatic carbocycles. The molecule has 0 spiro atoms. The van der Waals surface area contributed by atoms with Crippen LogP contribution in [0.1, 0.15) is 0 Å². The van der Waals surface area contributed by atoms with Crippen LogP contribution in [0.2, 0.25) is 0 Å². The highest BCUT2D eigenvalue weighted by Crippen LogP contribution is 2.08. The lowest BCUT2D eigenvalue weighted by atomic mass is 10.5.